The van der Waals surface area contributed by atoms with E-state index in [1.165, 1.54) is 5.56 Å². The Labute approximate surface area is 77.8 Å². The highest BCUT2D eigenvalue weighted by Crippen LogP contribution is 2.20. The Bertz CT molecular complexity index is 382. The Balaban J connectivity index is 2.59. The maximum Gasteiger partial charge on any atom is 0.116 e. The molecule has 0 saturated carbocycles. The van der Waals surface area contributed by atoms with Gasteiger partial charge in [0.05, 0.1) is 5.69 Å². The van der Waals surface area contributed by atoms with Crippen LogP contribution in [0.15, 0.2) is 30.3 Å². The van der Waals surface area contributed by atoms with E-state index >= 15 is 0 Å². The van der Waals surface area contributed by atoms with Crippen LogP contribution in [0.2, 0.25) is 0 Å². The second kappa shape index (κ2) is 3.05. The highest BCUT2D eigenvalue weighted by atomic mass is 15.3. The number of aromatic nitrogens is 2. The van der Waals surface area contributed by atoms with Crippen molar-refractivity contribution < 1.29 is 0 Å². The second-order valence-electron chi connectivity index (χ2n) is 3.08. The number of aryl methyl sites for hydroxylation is 2. The third kappa shape index (κ3) is 1.35. The van der Waals surface area contributed by atoms with Gasteiger partial charge in [-0.3, -0.25) is 4.68 Å². The Morgan fingerprint density at radius 3 is 2.46 bits per heavy atom. The molecule has 0 bridgehead atoms. The summed E-state index contributed by atoms with van der Waals surface area (Å²) in [4.78, 5) is 0. The molecule has 0 aliphatic rings. The normalized spacial score (nSPS) is 10.3. The topological polar surface area (TPSA) is 17.8 Å². The van der Waals surface area contributed by atoms with Gasteiger partial charge in [0.2, 0.25) is 0 Å². The van der Waals surface area contributed by atoms with Crippen LogP contribution in [0.4, 0.5) is 0 Å². The zero-order valence-electron chi connectivity index (χ0n) is 7.78. The third-order valence-corrected chi connectivity index (χ3v) is 2.09. The molecule has 2 aromatic rings. The van der Waals surface area contributed by atoms with Gasteiger partial charge in [-0.05, 0) is 6.92 Å². The van der Waals surface area contributed by atoms with Crippen LogP contribution in [0.5, 0.6) is 0 Å². The molecule has 2 nitrogen and oxygen atoms in total. The first-order valence-electron chi connectivity index (χ1n) is 4.26. The van der Waals surface area contributed by atoms with E-state index in [0.29, 0.717) is 0 Å². The lowest BCUT2D eigenvalue weighted by atomic mass is 10.1. The van der Waals surface area contributed by atoms with Crippen molar-refractivity contribution in [2.45, 2.75) is 6.92 Å². The zero-order valence-corrected chi connectivity index (χ0v) is 7.78. The maximum absolute atomic E-state index is 4.08. The Hall–Kier alpha value is -1.57. The molecule has 0 aliphatic heterocycles. The van der Waals surface area contributed by atoms with Crippen LogP contribution in [0, 0.1) is 13.1 Å². The SMILES string of the molecule is Cc1[c]nn(C)c1-c1ccccc1. The highest BCUT2D eigenvalue weighted by Gasteiger charge is 2.05. The Morgan fingerprint density at radius 1 is 1.23 bits per heavy atom. The van der Waals surface area contributed by atoms with Crippen LogP contribution in [-0.2, 0) is 7.05 Å². The molecule has 2 heteroatoms. The molecule has 1 radical (unpaired) electrons. The molecule has 0 aliphatic carbocycles. The van der Waals surface area contributed by atoms with Crippen LogP contribution < -0.4 is 0 Å². The van der Waals surface area contributed by atoms with Gasteiger partial charge in [0.25, 0.3) is 0 Å². The average Bonchev–Trinajstić information content (AvgIpc) is 2.48. The molecule has 2 rings (SSSR count). The van der Waals surface area contributed by atoms with Crippen molar-refractivity contribution in [3.63, 3.8) is 0 Å². The molecule has 0 spiro atoms. The van der Waals surface area contributed by atoms with Gasteiger partial charge >= 0.3 is 0 Å². The van der Waals surface area contributed by atoms with Crippen LogP contribution in [0.1, 0.15) is 5.56 Å². The fraction of sp³-hybridized carbons (Fsp3) is 0.182. The predicted octanol–water partition coefficient (Wildman–Crippen LogP) is 2.20. The Kier molecular flexibility index (Phi) is 1.89. The first-order valence-corrected chi connectivity index (χ1v) is 4.26. The Morgan fingerprint density at radius 2 is 1.92 bits per heavy atom. The molecule has 0 fully saturated rings. The van der Waals surface area contributed by atoms with Crippen LogP contribution in [0.25, 0.3) is 11.3 Å². The van der Waals surface area contributed by atoms with Gasteiger partial charge in [-0.2, -0.15) is 5.10 Å². The van der Waals surface area contributed by atoms with Crippen LogP contribution in [-0.4, -0.2) is 9.78 Å². The quantitative estimate of drug-likeness (QED) is 0.643. The predicted molar refractivity (Wildman–Crippen MR) is 52.2 cm³/mol. The van der Waals surface area contributed by atoms with E-state index in [-0.39, 0.29) is 0 Å². The minimum absolute atomic E-state index is 1.09. The van der Waals surface area contributed by atoms with Gasteiger partial charge in [-0.25, -0.2) is 0 Å². The van der Waals surface area contributed by atoms with Gasteiger partial charge in [0.15, 0.2) is 0 Å². The van der Waals surface area contributed by atoms with E-state index in [0.717, 1.165) is 11.3 Å². The second-order valence-corrected chi connectivity index (χ2v) is 3.08. The fourth-order valence-electron chi connectivity index (χ4n) is 1.50. The van der Waals surface area contributed by atoms with E-state index in [1.807, 2.05) is 36.9 Å². The summed E-state index contributed by atoms with van der Waals surface area (Å²) in [5, 5.41) is 4.08. The summed E-state index contributed by atoms with van der Waals surface area (Å²) in [5.41, 5.74) is 3.42. The number of hydrogen-bond acceptors (Lipinski definition) is 1. The lowest BCUT2D eigenvalue weighted by molar-refractivity contribution is 0.773. The summed E-state index contributed by atoms with van der Waals surface area (Å²) >= 11 is 0. The first kappa shape index (κ1) is 8.05. The van der Waals surface area contributed by atoms with Crippen molar-refractivity contribution in [3.05, 3.63) is 42.1 Å². The van der Waals surface area contributed by atoms with E-state index < -0.39 is 0 Å². The standard InChI is InChI=1S/C11H11N2/c1-9-8-12-13(2)11(9)10-6-4-3-5-7-10/h3-7H,1-2H3. The molecule has 1 aromatic carbocycles. The van der Waals surface area contributed by atoms with Crippen molar-refractivity contribution in [2.75, 3.05) is 0 Å². The molecular formula is C11H11N2. The highest BCUT2D eigenvalue weighted by molar-refractivity contribution is 5.62. The fourth-order valence-corrected chi connectivity index (χ4v) is 1.50. The third-order valence-electron chi connectivity index (χ3n) is 2.09. The number of benzene rings is 1. The minimum Gasteiger partial charge on any atom is -0.267 e. The molecule has 0 N–H and O–H groups in total. The molecule has 0 unspecified atom stereocenters. The average molecular weight is 171 g/mol. The van der Waals surface area contributed by atoms with Gasteiger partial charge in [-0.1, -0.05) is 30.3 Å². The van der Waals surface area contributed by atoms with E-state index in [1.54, 1.807) is 0 Å². The summed E-state index contributed by atoms with van der Waals surface area (Å²) in [6.45, 7) is 2.02. The van der Waals surface area contributed by atoms with Gasteiger partial charge in [-0.15, -0.1) is 0 Å². The molecule has 0 amide bonds. The van der Waals surface area contributed by atoms with Crippen LogP contribution >= 0.6 is 0 Å². The number of rotatable bonds is 1. The molecule has 13 heavy (non-hydrogen) atoms. The largest absolute Gasteiger partial charge is 0.267 e. The summed E-state index contributed by atoms with van der Waals surface area (Å²) in [5.74, 6) is 0. The van der Waals surface area contributed by atoms with Gasteiger partial charge in [0, 0.05) is 18.2 Å². The van der Waals surface area contributed by atoms with Gasteiger partial charge < -0.3 is 0 Å². The molecule has 65 valence electrons. The minimum atomic E-state index is 1.09. The van der Waals surface area contributed by atoms with Crippen molar-refractivity contribution in [1.29, 1.82) is 0 Å². The molecule has 0 atom stereocenters. The van der Waals surface area contributed by atoms with E-state index in [4.69, 9.17) is 0 Å². The zero-order chi connectivity index (χ0) is 9.26. The smallest absolute Gasteiger partial charge is 0.116 e. The maximum atomic E-state index is 4.08. The van der Waals surface area contributed by atoms with Crippen molar-refractivity contribution >= 4 is 0 Å². The summed E-state index contributed by atoms with van der Waals surface area (Å²) in [6, 6.07) is 10.2. The summed E-state index contributed by atoms with van der Waals surface area (Å²) in [7, 11) is 1.94. The van der Waals surface area contributed by atoms with E-state index in [9.17, 15) is 0 Å². The molecule has 0 saturated heterocycles. The van der Waals surface area contributed by atoms with Crippen molar-refractivity contribution in [2.24, 2.45) is 7.05 Å². The lowest BCUT2D eigenvalue weighted by Crippen LogP contribution is -1.93. The first-order chi connectivity index (χ1) is 6.29. The van der Waals surface area contributed by atoms with Crippen molar-refractivity contribution in [1.82, 2.24) is 9.78 Å². The van der Waals surface area contributed by atoms with E-state index in [2.05, 4.69) is 23.4 Å². The van der Waals surface area contributed by atoms with Crippen molar-refractivity contribution in [3.8, 4) is 11.3 Å². The summed E-state index contributed by atoms with van der Waals surface area (Å²) < 4.78 is 1.85. The number of hydrogen-bond donors (Lipinski definition) is 0. The monoisotopic (exact) mass is 171 g/mol. The van der Waals surface area contributed by atoms with Gasteiger partial charge in [0.1, 0.15) is 6.20 Å². The number of nitrogens with zero attached hydrogens (tertiary/aromatic N) is 2. The molecular weight excluding hydrogens is 160 g/mol. The van der Waals surface area contributed by atoms with Crippen LogP contribution in [0.3, 0.4) is 0 Å². The molecule has 1 heterocycles. The summed E-state index contributed by atoms with van der Waals surface area (Å²) in [6.07, 6.45) is 2.95. The lowest BCUT2D eigenvalue weighted by Gasteiger charge is -2.02. The molecule has 1 aromatic heterocycles.